The second-order valence-electron chi connectivity index (χ2n) is 9.08. The van der Waals surface area contributed by atoms with Gasteiger partial charge in [0.25, 0.3) is 5.91 Å². The van der Waals surface area contributed by atoms with E-state index in [2.05, 4.69) is 16.9 Å². The van der Waals surface area contributed by atoms with Crippen molar-refractivity contribution in [3.8, 4) is 11.5 Å². The highest BCUT2D eigenvalue weighted by atomic mass is 16.5. The van der Waals surface area contributed by atoms with E-state index in [0.717, 1.165) is 37.2 Å². The molecule has 1 aliphatic heterocycles. The van der Waals surface area contributed by atoms with E-state index in [4.69, 9.17) is 25.7 Å². The molecule has 3 aromatic rings. The van der Waals surface area contributed by atoms with E-state index in [1.54, 1.807) is 42.5 Å². The topological polar surface area (TPSA) is 112 Å². The lowest BCUT2D eigenvalue weighted by Crippen LogP contribution is -2.35. The Morgan fingerprint density at radius 3 is 2.38 bits per heavy atom. The molecule has 0 radical (unpaired) electrons. The van der Waals surface area contributed by atoms with Crippen molar-refractivity contribution < 1.29 is 19.0 Å². The van der Waals surface area contributed by atoms with Crippen LogP contribution in [-0.2, 0) is 11.3 Å². The highest BCUT2D eigenvalue weighted by Gasteiger charge is 2.18. The van der Waals surface area contributed by atoms with Crippen LogP contribution in [0, 0.1) is 0 Å². The first-order valence-corrected chi connectivity index (χ1v) is 12.5. The zero-order valence-electron chi connectivity index (χ0n) is 21.1. The maximum atomic E-state index is 12.7. The molecule has 0 atom stereocenters. The molecule has 1 aliphatic rings. The van der Waals surface area contributed by atoms with Crippen molar-refractivity contribution in [1.29, 1.82) is 0 Å². The number of ether oxygens (including phenoxy) is 3. The van der Waals surface area contributed by atoms with E-state index in [-0.39, 0.29) is 11.9 Å². The summed E-state index contributed by atoms with van der Waals surface area (Å²) in [7, 11) is 2.11. The fourth-order valence-corrected chi connectivity index (χ4v) is 4.05. The molecular weight excluding hydrogens is 468 g/mol. The third-order valence-electron chi connectivity index (χ3n) is 6.20. The lowest BCUT2D eigenvalue weighted by molar-refractivity contribution is 0.0889. The molecule has 194 valence electrons. The average Bonchev–Trinajstić information content (AvgIpc) is 2.91. The Morgan fingerprint density at radius 1 is 0.973 bits per heavy atom. The number of nitrogens with two attached hydrogens (primary N) is 2. The van der Waals surface area contributed by atoms with E-state index in [1.165, 1.54) is 0 Å². The van der Waals surface area contributed by atoms with Crippen LogP contribution >= 0.6 is 0 Å². The van der Waals surface area contributed by atoms with Crippen LogP contribution in [0.3, 0.4) is 0 Å². The molecule has 0 saturated carbocycles. The van der Waals surface area contributed by atoms with Crippen LogP contribution < -0.4 is 20.9 Å². The number of nitrogens with zero attached hydrogens (tertiary/aromatic N) is 2. The van der Waals surface area contributed by atoms with Gasteiger partial charge in [0.2, 0.25) is 0 Å². The number of nitrogen functional groups attached to an aromatic ring is 1. The summed E-state index contributed by atoms with van der Waals surface area (Å²) in [4.78, 5) is 19.0. The van der Waals surface area contributed by atoms with Crippen LogP contribution in [0.4, 0.5) is 5.69 Å². The summed E-state index contributed by atoms with van der Waals surface area (Å²) in [6.45, 7) is 3.39. The lowest BCUT2D eigenvalue weighted by Gasteiger charge is -2.29. The Hall–Kier alpha value is -3.88. The molecule has 1 heterocycles. The maximum Gasteiger partial charge on any atom is 0.278 e. The molecule has 1 amide bonds. The molecule has 37 heavy (non-hydrogen) atoms. The second-order valence-corrected chi connectivity index (χ2v) is 9.08. The summed E-state index contributed by atoms with van der Waals surface area (Å²) in [6.07, 6.45) is 2.18. The number of hydrogen-bond donors (Lipinski definition) is 2. The summed E-state index contributed by atoms with van der Waals surface area (Å²) >= 11 is 0. The van der Waals surface area contributed by atoms with E-state index in [9.17, 15) is 4.79 Å². The van der Waals surface area contributed by atoms with Gasteiger partial charge in [0.15, 0.2) is 0 Å². The monoisotopic (exact) mass is 502 g/mol. The number of carbonyl (C=O) groups excluding carboxylic acids is 1. The molecule has 3 aromatic carbocycles. The number of aliphatic imine (C=N–C) groups is 1. The van der Waals surface area contributed by atoms with E-state index >= 15 is 0 Å². The first kappa shape index (κ1) is 26.2. The largest absolute Gasteiger partial charge is 0.491 e. The van der Waals surface area contributed by atoms with Crippen molar-refractivity contribution in [2.45, 2.75) is 25.6 Å². The lowest BCUT2D eigenvalue weighted by atomic mass is 10.1. The first-order valence-electron chi connectivity index (χ1n) is 12.5. The van der Waals surface area contributed by atoms with Gasteiger partial charge in [0.05, 0.1) is 13.2 Å². The molecule has 4 N–H and O–H groups in total. The van der Waals surface area contributed by atoms with Gasteiger partial charge < -0.3 is 30.6 Å². The molecule has 8 heteroatoms. The fraction of sp³-hybridized carbons (Fsp3) is 0.310. The Balaban J connectivity index is 1.27. The van der Waals surface area contributed by atoms with Crippen molar-refractivity contribution >= 4 is 17.4 Å². The van der Waals surface area contributed by atoms with E-state index in [1.807, 2.05) is 30.3 Å². The molecule has 0 bridgehead atoms. The van der Waals surface area contributed by atoms with Crippen molar-refractivity contribution in [3.05, 3.63) is 89.5 Å². The standard InChI is InChI=1S/C29H34N4O4/c1-33-15-13-24(14-16-33)37-23-9-7-22(8-10-23)29(34)32-28(31)26-12-11-25(19-27(26)30)36-18-17-35-20-21-5-3-2-4-6-21/h2-12,19,24H,13-18,20,30H2,1H3,(H2,31,32,34). The molecule has 8 nitrogen and oxygen atoms in total. The van der Waals surface area contributed by atoms with Crippen LogP contribution in [0.2, 0.25) is 0 Å². The van der Waals surface area contributed by atoms with E-state index in [0.29, 0.717) is 42.4 Å². The highest BCUT2D eigenvalue weighted by Crippen LogP contribution is 2.22. The fourth-order valence-electron chi connectivity index (χ4n) is 4.05. The number of carbonyl (C=O) groups is 1. The van der Waals surface area contributed by atoms with E-state index < -0.39 is 5.91 Å². The molecule has 1 fully saturated rings. The van der Waals surface area contributed by atoms with Crippen LogP contribution in [0.5, 0.6) is 11.5 Å². The minimum atomic E-state index is -0.446. The zero-order valence-corrected chi connectivity index (χ0v) is 21.1. The highest BCUT2D eigenvalue weighted by molar-refractivity contribution is 6.10. The normalized spacial score (nSPS) is 14.9. The van der Waals surface area contributed by atoms with Gasteiger partial charge in [0.1, 0.15) is 30.0 Å². The summed E-state index contributed by atoms with van der Waals surface area (Å²) < 4.78 is 17.4. The minimum absolute atomic E-state index is 0.0481. The number of anilines is 1. The molecular formula is C29H34N4O4. The second kappa shape index (κ2) is 12.9. The third kappa shape index (κ3) is 7.80. The predicted molar refractivity (Wildman–Crippen MR) is 145 cm³/mol. The van der Waals surface area contributed by atoms with Gasteiger partial charge in [-0.25, -0.2) is 0 Å². The average molecular weight is 503 g/mol. The van der Waals surface area contributed by atoms with Gasteiger partial charge in [-0.3, -0.25) is 4.79 Å². The number of piperidine rings is 1. The Bertz CT molecular complexity index is 1190. The minimum Gasteiger partial charge on any atom is -0.491 e. The van der Waals surface area contributed by atoms with Crippen molar-refractivity contribution in [2.24, 2.45) is 10.7 Å². The Morgan fingerprint density at radius 2 is 1.68 bits per heavy atom. The van der Waals surface area contributed by atoms with Gasteiger partial charge in [-0.05, 0) is 61.9 Å². The molecule has 0 aliphatic carbocycles. The number of rotatable bonds is 10. The predicted octanol–water partition coefficient (Wildman–Crippen LogP) is 3.88. The Kier molecular flexibility index (Phi) is 9.13. The van der Waals surface area contributed by atoms with Gasteiger partial charge in [0, 0.05) is 36.0 Å². The third-order valence-corrected chi connectivity index (χ3v) is 6.20. The van der Waals surface area contributed by atoms with Gasteiger partial charge >= 0.3 is 0 Å². The number of amides is 1. The molecule has 0 spiro atoms. The Labute approximate surface area is 217 Å². The number of amidine groups is 1. The molecule has 0 unspecified atom stereocenters. The summed E-state index contributed by atoms with van der Waals surface area (Å²) in [5, 5.41) is 0. The zero-order chi connectivity index (χ0) is 26.0. The quantitative estimate of drug-likeness (QED) is 0.187. The number of hydrogen-bond acceptors (Lipinski definition) is 6. The SMILES string of the molecule is CN1CCC(Oc2ccc(C(=O)N=C(N)c3ccc(OCCOCc4ccccc4)cc3N)cc2)CC1. The van der Waals surface area contributed by atoms with Gasteiger partial charge in [-0.1, -0.05) is 30.3 Å². The van der Waals surface area contributed by atoms with Gasteiger partial charge in [-0.2, -0.15) is 4.99 Å². The maximum absolute atomic E-state index is 12.7. The summed E-state index contributed by atoms with van der Waals surface area (Å²) in [5.74, 6) is 0.933. The van der Waals surface area contributed by atoms with Crippen LogP contribution in [0.1, 0.15) is 34.3 Å². The number of likely N-dealkylation sites (tertiary alicyclic amines) is 1. The van der Waals surface area contributed by atoms with Crippen LogP contribution in [0.15, 0.2) is 77.8 Å². The number of benzene rings is 3. The summed E-state index contributed by atoms with van der Waals surface area (Å²) in [6, 6.07) is 22.0. The molecule has 1 saturated heterocycles. The molecule has 4 rings (SSSR count). The smallest absolute Gasteiger partial charge is 0.278 e. The van der Waals surface area contributed by atoms with Crippen LogP contribution in [-0.4, -0.2) is 56.1 Å². The van der Waals surface area contributed by atoms with Crippen molar-refractivity contribution in [3.63, 3.8) is 0 Å². The van der Waals surface area contributed by atoms with Gasteiger partial charge in [-0.15, -0.1) is 0 Å². The molecule has 0 aromatic heterocycles. The van der Waals surface area contributed by atoms with Crippen molar-refractivity contribution in [2.75, 3.05) is 39.1 Å². The first-order chi connectivity index (χ1) is 18.0. The van der Waals surface area contributed by atoms with Crippen LogP contribution in [0.25, 0.3) is 0 Å². The van der Waals surface area contributed by atoms with Crippen molar-refractivity contribution in [1.82, 2.24) is 4.90 Å². The summed E-state index contributed by atoms with van der Waals surface area (Å²) in [5.41, 5.74) is 14.6.